The van der Waals surface area contributed by atoms with Gasteiger partial charge in [0, 0.05) is 46.4 Å². The number of nitrogen functional groups attached to an aromatic ring is 1. The van der Waals surface area contributed by atoms with Crippen molar-refractivity contribution in [3.63, 3.8) is 0 Å². The summed E-state index contributed by atoms with van der Waals surface area (Å²) in [7, 11) is 0. The largest absolute Gasteiger partial charge is 0.483 e. The quantitative estimate of drug-likeness (QED) is 0.0969. The smallest absolute Gasteiger partial charge is 0.258 e. The zero-order valence-electron chi connectivity index (χ0n) is 23.0. The van der Waals surface area contributed by atoms with Crippen molar-refractivity contribution in [1.82, 2.24) is 15.6 Å². The molecule has 0 aliphatic rings. The highest BCUT2D eigenvalue weighted by atomic mass is 35.5. The molecular weight excluding hydrogens is 572 g/mol. The van der Waals surface area contributed by atoms with Gasteiger partial charge in [-0.1, -0.05) is 72.1 Å². The number of nitrogens with one attached hydrogen (secondary N) is 3. The van der Waals surface area contributed by atoms with E-state index in [2.05, 4.69) is 19.9 Å². The van der Waals surface area contributed by atoms with Gasteiger partial charge in [0.25, 0.3) is 11.8 Å². The summed E-state index contributed by atoms with van der Waals surface area (Å²) in [5.41, 5.74) is 9.77. The number of benzene rings is 3. The number of rotatable bonds is 13. The van der Waals surface area contributed by atoms with Gasteiger partial charge in [0.15, 0.2) is 6.61 Å². The molecule has 0 fully saturated rings. The van der Waals surface area contributed by atoms with Crippen molar-refractivity contribution in [2.45, 2.75) is 19.6 Å². The average Bonchev–Trinajstić information content (AvgIpc) is 3.01. The SMILES string of the molecule is CSN(Cc1ccccc1)c1cc(Cl)cc(C(=O)NCc2ccc(C(=N)N)cc2OCC(=O)NCc2ccccn2)c1. The maximum atomic E-state index is 13.2. The summed E-state index contributed by atoms with van der Waals surface area (Å²) in [6.07, 6.45) is 3.62. The predicted octanol–water partition coefficient (Wildman–Crippen LogP) is 4.93. The molecule has 0 unspecified atom stereocenters. The van der Waals surface area contributed by atoms with Crippen LogP contribution in [0.3, 0.4) is 0 Å². The van der Waals surface area contributed by atoms with Crippen LogP contribution in [0.15, 0.2) is 91.1 Å². The fourth-order valence-electron chi connectivity index (χ4n) is 4.03. The molecule has 0 aliphatic heterocycles. The van der Waals surface area contributed by atoms with Crippen LogP contribution in [-0.2, 0) is 24.4 Å². The van der Waals surface area contributed by atoms with Crippen molar-refractivity contribution in [2.24, 2.45) is 5.73 Å². The van der Waals surface area contributed by atoms with Gasteiger partial charge in [-0.05, 0) is 42.0 Å². The first-order chi connectivity index (χ1) is 20.3. The Morgan fingerprint density at radius 3 is 2.48 bits per heavy atom. The summed E-state index contributed by atoms with van der Waals surface area (Å²) in [6, 6.07) is 25.7. The molecule has 0 radical (unpaired) electrons. The summed E-state index contributed by atoms with van der Waals surface area (Å²) in [4.78, 5) is 29.8. The molecule has 3 aromatic carbocycles. The van der Waals surface area contributed by atoms with Crippen LogP contribution < -0.4 is 25.4 Å². The van der Waals surface area contributed by atoms with Crippen LogP contribution in [0.1, 0.15) is 32.7 Å². The number of pyridine rings is 1. The lowest BCUT2D eigenvalue weighted by Crippen LogP contribution is -2.29. The minimum atomic E-state index is -0.343. The van der Waals surface area contributed by atoms with Gasteiger partial charge in [-0.15, -0.1) is 0 Å². The third-order valence-electron chi connectivity index (χ3n) is 6.19. The molecule has 0 spiro atoms. The van der Waals surface area contributed by atoms with Crippen LogP contribution in [0, 0.1) is 5.41 Å². The Hall–Kier alpha value is -4.54. The van der Waals surface area contributed by atoms with Crippen LogP contribution in [0.4, 0.5) is 5.69 Å². The van der Waals surface area contributed by atoms with E-state index < -0.39 is 0 Å². The van der Waals surface area contributed by atoms with Crippen molar-refractivity contribution < 1.29 is 14.3 Å². The second-order valence-corrected chi connectivity index (χ2v) is 10.5. The summed E-state index contributed by atoms with van der Waals surface area (Å²) in [5.74, 6) is -0.479. The first-order valence-electron chi connectivity index (χ1n) is 13.0. The number of amidine groups is 1. The second-order valence-electron chi connectivity index (χ2n) is 9.21. The van der Waals surface area contributed by atoms with E-state index in [1.54, 1.807) is 42.6 Å². The van der Waals surface area contributed by atoms with Crippen LogP contribution in [-0.4, -0.2) is 35.5 Å². The fourth-order valence-corrected chi connectivity index (χ4v) is 4.85. The summed E-state index contributed by atoms with van der Waals surface area (Å²) in [5, 5.41) is 13.9. The normalized spacial score (nSPS) is 10.5. The van der Waals surface area contributed by atoms with Gasteiger partial charge in [-0.3, -0.25) is 20.0 Å². The molecule has 1 heterocycles. The van der Waals surface area contributed by atoms with Crippen LogP contribution in [0.25, 0.3) is 0 Å². The molecule has 4 aromatic rings. The lowest BCUT2D eigenvalue weighted by molar-refractivity contribution is -0.123. The first kappa shape index (κ1) is 30.4. The van der Waals surface area contributed by atoms with E-state index in [1.807, 2.05) is 54.8 Å². The number of amides is 2. The number of halogens is 1. The van der Waals surface area contributed by atoms with E-state index in [-0.39, 0.29) is 37.3 Å². The van der Waals surface area contributed by atoms with Crippen LogP contribution >= 0.6 is 23.5 Å². The van der Waals surface area contributed by atoms with Crippen molar-refractivity contribution in [2.75, 3.05) is 17.2 Å². The molecule has 42 heavy (non-hydrogen) atoms. The number of hydrogen-bond acceptors (Lipinski definition) is 7. The van der Waals surface area contributed by atoms with Crippen LogP contribution in [0.2, 0.25) is 5.02 Å². The molecule has 0 aliphatic carbocycles. The number of nitrogens with zero attached hydrogens (tertiary/aromatic N) is 2. The third kappa shape index (κ3) is 8.73. The van der Waals surface area contributed by atoms with E-state index in [9.17, 15) is 9.59 Å². The monoisotopic (exact) mass is 602 g/mol. The summed E-state index contributed by atoms with van der Waals surface area (Å²) in [6.45, 7) is 0.751. The molecule has 4 rings (SSSR count). The Morgan fingerprint density at radius 2 is 1.76 bits per heavy atom. The first-order valence-corrected chi connectivity index (χ1v) is 14.6. The minimum Gasteiger partial charge on any atom is -0.483 e. The number of hydrogen-bond donors (Lipinski definition) is 4. The maximum Gasteiger partial charge on any atom is 0.258 e. The van der Waals surface area contributed by atoms with E-state index in [0.29, 0.717) is 34.0 Å². The van der Waals surface area contributed by atoms with Crippen molar-refractivity contribution >= 4 is 46.9 Å². The molecule has 216 valence electrons. The lowest BCUT2D eigenvalue weighted by atomic mass is 10.1. The van der Waals surface area contributed by atoms with Crippen LogP contribution in [0.5, 0.6) is 5.75 Å². The second kappa shape index (κ2) is 14.9. The molecule has 2 amide bonds. The summed E-state index contributed by atoms with van der Waals surface area (Å²) < 4.78 is 7.85. The van der Waals surface area contributed by atoms with E-state index >= 15 is 0 Å². The van der Waals surface area contributed by atoms with E-state index in [0.717, 1.165) is 16.9 Å². The van der Waals surface area contributed by atoms with Crippen molar-refractivity contribution in [3.05, 3.63) is 124 Å². The Labute approximate surface area is 254 Å². The van der Waals surface area contributed by atoms with Gasteiger partial charge in [0.05, 0.1) is 18.8 Å². The molecule has 5 N–H and O–H groups in total. The topological polar surface area (TPSA) is 133 Å². The number of carbonyl (C=O) groups is 2. The van der Waals surface area contributed by atoms with Gasteiger partial charge >= 0.3 is 0 Å². The Kier molecular flexibility index (Phi) is 10.8. The third-order valence-corrected chi connectivity index (χ3v) is 7.19. The molecule has 9 nitrogen and oxygen atoms in total. The summed E-state index contributed by atoms with van der Waals surface area (Å²) >= 11 is 7.95. The van der Waals surface area contributed by atoms with E-state index in [4.69, 9.17) is 27.5 Å². The highest BCUT2D eigenvalue weighted by Crippen LogP contribution is 2.28. The van der Waals surface area contributed by atoms with E-state index in [1.165, 1.54) is 11.9 Å². The standard InChI is InChI=1S/C31H31ClN6O3S/c1-42-38(19-21-7-3-2-4-8-21)27-14-24(13-25(32)16-27)31(40)37-17-23-11-10-22(30(33)34)15-28(23)41-20-29(39)36-18-26-9-5-6-12-35-26/h2-16H,17-20H2,1H3,(H3,33,34)(H,36,39)(H,37,40). The zero-order chi connectivity index (χ0) is 29.9. The Balaban J connectivity index is 1.43. The van der Waals surface area contributed by atoms with Gasteiger partial charge in [0.1, 0.15) is 11.6 Å². The Morgan fingerprint density at radius 1 is 0.976 bits per heavy atom. The molecular formula is C31H31ClN6O3S. The highest BCUT2D eigenvalue weighted by molar-refractivity contribution is 7.99. The molecule has 0 bridgehead atoms. The number of ether oxygens (including phenoxy) is 1. The number of anilines is 1. The van der Waals surface area contributed by atoms with Crippen molar-refractivity contribution in [3.8, 4) is 5.75 Å². The maximum absolute atomic E-state index is 13.2. The van der Waals surface area contributed by atoms with Gasteiger partial charge < -0.3 is 25.4 Å². The molecule has 0 atom stereocenters. The number of aromatic nitrogens is 1. The predicted molar refractivity (Wildman–Crippen MR) is 168 cm³/mol. The average molecular weight is 603 g/mol. The molecule has 1 aromatic heterocycles. The number of carbonyl (C=O) groups excluding carboxylic acids is 2. The molecule has 11 heteroatoms. The lowest BCUT2D eigenvalue weighted by Gasteiger charge is -2.22. The molecule has 0 saturated heterocycles. The van der Waals surface area contributed by atoms with Gasteiger partial charge in [0.2, 0.25) is 0 Å². The fraction of sp³-hybridized carbons (Fsp3) is 0.161. The Bertz CT molecular complexity index is 1540. The van der Waals surface area contributed by atoms with Crippen molar-refractivity contribution in [1.29, 1.82) is 5.41 Å². The zero-order valence-corrected chi connectivity index (χ0v) is 24.5. The van der Waals surface area contributed by atoms with Gasteiger partial charge in [-0.2, -0.15) is 0 Å². The number of nitrogens with two attached hydrogens (primary N) is 1. The highest BCUT2D eigenvalue weighted by Gasteiger charge is 2.15. The minimum absolute atomic E-state index is 0.111. The molecule has 0 saturated carbocycles. The van der Waals surface area contributed by atoms with Gasteiger partial charge in [-0.25, -0.2) is 0 Å².